The van der Waals surface area contributed by atoms with Gasteiger partial charge in [0.25, 0.3) is 0 Å². The van der Waals surface area contributed by atoms with Gasteiger partial charge in [0, 0.05) is 41.5 Å². The summed E-state index contributed by atoms with van der Waals surface area (Å²) in [5, 5.41) is 12.5. The Morgan fingerprint density at radius 2 is 1.94 bits per heavy atom. The molecule has 0 spiro atoms. The van der Waals surface area contributed by atoms with Crippen LogP contribution < -0.4 is 10.1 Å². The van der Waals surface area contributed by atoms with Crippen molar-refractivity contribution in [1.82, 2.24) is 19.7 Å². The monoisotopic (exact) mass is 445 g/mol. The fourth-order valence-corrected chi connectivity index (χ4v) is 4.10. The average Bonchev–Trinajstić information content (AvgIpc) is 3.25. The maximum Gasteiger partial charge on any atom is 0.225 e. The Balaban J connectivity index is 1.47. The Kier molecular flexibility index (Phi) is 6.81. The van der Waals surface area contributed by atoms with Crippen LogP contribution in [-0.4, -0.2) is 38.5 Å². The fraction of sp³-hybridized carbons (Fsp3) is 0.167. The molecule has 0 aliphatic rings. The van der Waals surface area contributed by atoms with Crippen LogP contribution in [0.25, 0.3) is 17.1 Å². The van der Waals surface area contributed by atoms with Crippen LogP contribution in [0.3, 0.4) is 0 Å². The number of hydrogen-bond donors (Lipinski definition) is 1. The van der Waals surface area contributed by atoms with Gasteiger partial charge in [-0.1, -0.05) is 30.0 Å². The SMILES string of the molecule is COc1ccc(NC(=O)CCSc2nnc(-c3cccnc3)n2-c2ccccc2)c(C)c1. The fourth-order valence-electron chi connectivity index (χ4n) is 3.21. The van der Waals surface area contributed by atoms with Crippen molar-refractivity contribution in [2.24, 2.45) is 0 Å². The van der Waals surface area contributed by atoms with E-state index in [0.29, 0.717) is 18.0 Å². The molecule has 0 atom stereocenters. The van der Waals surface area contributed by atoms with Gasteiger partial charge in [-0.15, -0.1) is 10.2 Å². The zero-order valence-electron chi connectivity index (χ0n) is 17.9. The van der Waals surface area contributed by atoms with Gasteiger partial charge in [-0.25, -0.2) is 0 Å². The van der Waals surface area contributed by atoms with Crippen molar-refractivity contribution >= 4 is 23.4 Å². The zero-order valence-corrected chi connectivity index (χ0v) is 18.7. The second kappa shape index (κ2) is 10.1. The van der Waals surface area contributed by atoms with Gasteiger partial charge in [-0.2, -0.15) is 0 Å². The van der Waals surface area contributed by atoms with E-state index >= 15 is 0 Å². The van der Waals surface area contributed by atoms with E-state index in [4.69, 9.17) is 4.74 Å². The minimum Gasteiger partial charge on any atom is -0.497 e. The molecular weight excluding hydrogens is 422 g/mol. The highest BCUT2D eigenvalue weighted by molar-refractivity contribution is 7.99. The Bertz CT molecular complexity index is 1200. The predicted octanol–water partition coefficient (Wildman–Crippen LogP) is 4.77. The summed E-state index contributed by atoms with van der Waals surface area (Å²) in [6.45, 7) is 1.94. The predicted molar refractivity (Wildman–Crippen MR) is 126 cm³/mol. The topological polar surface area (TPSA) is 81.9 Å². The normalized spacial score (nSPS) is 10.7. The minimum atomic E-state index is -0.0518. The maximum absolute atomic E-state index is 12.5. The summed E-state index contributed by atoms with van der Waals surface area (Å²) >= 11 is 1.49. The quantitative estimate of drug-likeness (QED) is 0.394. The first kappa shape index (κ1) is 21.6. The Morgan fingerprint density at radius 1 is 1.09 bits per heavy atom. The molecule has 1 N–H and O–H groups in total. The van der Waals surface area contributed by atoms with Crippen molar-refractivity contribution in [3.63, 3.8) is 0 Å². The number of carbonyl (C=O) groups is 1. The lowest BCUT2D eigenvalue weighted by atomic mass is 10.2. The molecule has 0 unspecified atom stereocenters. The summed E-state index contributed by atoms with van der Waals surface area (Å²) in [7, 11) is 1.62. The van der Waals surface area contributed by atoms with Crippen LogP contribution in [0, 0.1) is 6.92 Å². The molecule has 0 bridgehead atoms. The number of anilines is 1. The number of nitrogens with zero attached hydrogens (tertiary/aromatic N) is 4. The van der Waals surface area contributed by atoms with Crippen molar-refractivity contribution in [2.75, 3.05) is 18.2 Å². The molecule has 2 aromatic heterocycles. The van der Waals surface area contributed by atoms with Crippen LogP contribution in [0.2, 0.25) is 0 Å². The highest BCUT2D eigenvalue weighted by Gasteiger charge is 2.16. The second-order valence-corrected chi connectivity index (χ2v) is 8.11. The first-order chi connectivity index (χ1) is 15.7. The van der Waals surface area contributed by atoms with Gasteiger partial charge in [-0.05, 0) is 55.0 Å². The molecule has 0 saturated heterocycles. The van der Waals surface area contributed by atoms with E-state index in [1.165, 1.54) is 11.8 Å². The number of aryl methyl sites for hydroxylation is 1. The Morgan fingerprint density at radius 3 is 2.66 bits per heavy atom. The Hall–Kier alpha value is -3.65. The molecule has 162 valence electrons. The molecule has 2 heterocycles. The van der Waals surface area contributed by atoms with Gasteiger partial charge in [0.05, 0.1) is 7.11 Å². The van der Waals surface area contributed by atoms with Gasteiger partial charge >= 0.3 is 0 Å². The summed E-state index contributed by atoms with van der Waals surface area (Å²) in [6.07, 6.45) is 3.84. The molecule has 8 heteroatoms. The average molecular weight is 446 g/mol. The van der Waals surface area contributed by atoms with Gasteiger partial charge in [0.1, 0.15) is 5.75 Å². The summed E-state index contributed by atoms with van der Waals surface area (Å²) in [4.78, 5) is 16.7. The molecule has 4 rings (SSSR count). The van der Waals surface area contributed by atoms with Crippen LogP contribution in [0.15, 0.2) is 78.2 Å². The third-order valence-corrected chi connectivity index (χ3v) is 5.77. The van der Waals surface area contributed by atoms with Crippen molar-refractivity contribution in [3.05, 3.63) is 78.6 Å². The number of methoxy groups -OCH3 is 1. The molecule has 0 fully saturated rings. The summed E-state index contributed by atoms with van der Waals surface area (Å²) in [5.74, 6) is 1.99. The minimum absolute atomic E-state index is 0.0518. The summed E-state index contributed by atoms with van der Waals surface area (Å²) in [6, 6.07) is 19.3. The lowest BCUT2D eigenvalue weighted by Crippen LogP contribution is -2.13. The van der Waals surface area contributed by atoms with E-state index in [0.717, 1.165) is 33.4 Å². The first-order valence-corrected chi connectivity index (χ1v) is 11.1. The van der Waals surface area contributed by atoms with Crippen LogP contribution in [-0.2, 0) is 4.79 Å². The highest BCUT2D eigenvalue weighted by atomic mass is 32.2. The first-order valence-electron chi connectivity index (χ1n) is 10.1. The van der Waals surface area contributed by atoms with Gasteiger partial charge in [0.2, 0.25) is 5.91 Å². The third kappa shape index (κ3) is 4.97. The van der Waals surface area contributed by atoms with Crippen LogP contribution >= 0.6 is 11.8 Å². The molecule has 0 radical (unpaired) electrons. The molecule has 0 aliphatic carbocycles. The zero-order chi connectivity index (χ0) is 22.3. The number of nitrogens with one attached hydrogen (secondary N) is 1. The van der Waals surface area contributed by atoms with Crippen molar-refractivity contribution < 1.29 is 9.53 Å². The molecule has 1 amide bonds. The van der Waals surface area contributed by atoms with E-state index in [9.17, 15) is 4.79 Å². The maximum atomic E-state index is 12.5. The largest absolute Gasteiger partial charge is 0.497 e. The number of amides is 1. The van der Waals surface area contributed by atoms with Gasteiger partial charge < -0.3 is 10.1 Å². The van der Waals surface area contributed by atoms with Crippen LogP contribution in [0.4, 0.5) is 5.69 Å². The van der Waals surface area contributed by atoms with Gasteiger partial charge in [-0.3, -0.25) is 14.3 Å². The number of para-hydroxylation sites is 1. The van der Waals surface area contributed by atoms with E-state index < -0.39 is 0 Å². The number of aromatic nitrogens is 4. The molecule has 4 aromatic rings. The number of benzene rings is 2. The molecule has 2 aromatic carbocycles. The van der Waals surface area contributed by atoms with Crippen molar-refractivity contribution in [3.8, 4) is 22.8 Å². The highest BCUT2D eigenvalue weighted by Crippen LogP contribution is 2.28. The van der Waals surface area contributed by atoms with Crippen LogP contribution in [0.5, 0.6) is 5.75 Å². The number of thioether (sulfide) groups is 1. The molecule has 7 nitrogen and oxygen atoms in total. The number of pyridine rings is 1. The molecule has 0 aliphatic heterocycles. The van der Waals surface area contributed by atoms with Crippen molar-refractivity contribution in [2.45, 2.75) is 18.5 Å². The van der Waals surface area contributed by atoms with E-state index in [2.05, 4.69) is 20.5 Å². The number of ether oxygens (including phenoxy) is 1. The smallest absolute Gasteiger partial charge is 0.225 e. The molecule has 32 heavy (non-hydrogen) atoms. The third-order valence-electron chi connectivity index (χ3n) is 4.84. The number of carbonyl (C=O) groups excluding carboxylic acids is 1. The second-order valence-electron chi connectivity index (χ2n) is 7.05. The lowest BCUT2D eigenvalue weighted by Gasteiger charge is -2.11. The summed E-state index contributed by atoms with van der Waals surface area (Å²) in [5.41, 5.74) is 3.57. The standard InChI is InChI=1S/C24H23N5O2S/c1-17-15-20(31-2)10-11-21(17)26-22(30)12-14-32-24-28-27-23(18-7-6-13-25-16-18)29(24)19-8-4-3-5-9-19/h3-11,13,15-16H,12,14H2,1-2H3,(H,26,30). The number of rotatable bonds is 8. The Labute approximate surface area is 190 Å². The summed E-state index contributed by atoms with van der Waals surface area (Å²) < 4.78 is 7.21. The molecular formula is C24H23N5O2S. The van der Waals surface area contributed by atoms with E-state index in [-0.39, 0.29) is 5.91 Å². The number of hydrogen-bond acceptors (Lipinski definition) is 6. The molecule has 0 saturated carbocycles. The lowest BCUT2D eigenvalue weighted by molar-refractivity contribution is -0.115. The van der Waals surface area contributed by atoms with Gasteiger partial charge in [0.15, 0.2) is 11.0 Å². The van der Waals surface area contributed by atoms with Crippen molar-refractivity contribution in [1.29, 1.82) is 0 Å². The van der Waals surface area contributed by atoms with E-state index in [1.54, 1.807) is 19.5 Å². The van der Waals surface area contributed by atoms with E-state index in [1.807, 2.05) is 72.2 Å². The van der Waals surface area contributed by atoms with Crippen LogP contribution in [0.1, 0.15) is 12.0 Å².